The summed E-state index contributed by atoms with van der Waals surface area (Å²) in [5.41, 5.74) is 2.68. The van der Waals surface area contributed by atoms with Gasteiger partial charge in [-0.2, -0.15) is 0 Å². The van der Waals surface area contributed by atoms with Gasteiger partial charge in [0.2, 0.25) is 0 Å². The average Bonchev–Trinajstić information content (AvgIpc) is 3.15. The number of ether oxygens (including phenoxy) is 2. The number of para-hydroxylation sites is 1. The molecular weight excluding hydrogens is 410 g/mol. The van der Waals surface area contributed by atoms with Gasteiger partial charge in [-0.15, -0.1) is 11.3 Å². The van der Waals surface area contributed by atoms with Crippen LogP contribution in [0.3, 0.4) is 0 Å². The summed E-state index contributed by atoms with van der Waals surface area (Å²) < 4.78 is 11.5. The zero-order valence-electron chi connectivity index (χ0n) is 19.0. The van der Waals surface area contributed by atoms with E-state index in [4.69, 9.17) is 9.47 Å². The minimum atomic E-state index is -0.639. The van der Waals surface area contributed by atoms with Gasteiger partial charge >= 0.3 is 5.97 Å². The van der Waals surface area contributed by atoms with Crippen LogP contribution < -0.4 is 10.1 Å². The fourth-order valence-corrected chi connectivity index (χ4v) is 5.24. The Hall–Kier alpha value is -2.34. The smallest absolute Gasteiger partial charge is 0.341 e. The number of nitrogens with one attached hydrogen (secondary N) is 1. The van der Waals surface area contributed by atoms with Crippen LogP contribution in [-0.4, -0.2) is 24.6 Å². The summed E-state index contributed by atoms with van der Waals surface area (Å²) in [5.74, 6) is 0.505. The van der Waals surface area contributed by atoms with E-state index >= 15 is 0 Å². The first-order chi connectivity index (χ1) is 15.0. The number of hydrogen-bond acceptors (Lipinski definition) is 5. The fraction of sp³-hybridized carbons (Fsp3) is 0.520. The van der Waals surface area contributed by atoms with E-state index in [9.17, 15) is 9.59 Å². The summed E-state index contributed by atoms with van der Waals surface area (Å²) in [5, 5.41) is 3.59. The van der Waals surface area contributed by atoms with Crippen LogP contribution >= 0.6 is 11.3 Å². The molecule has 1 amide bonds. The summed E-state index contributed by atoms with van der Waals surface area (Å²) in [4.78, 5) is 27.0. The van der Waals surface area contributed by atoms with Crippen LogP contribution in [0, 0.1) is 0 Å². The summed E-state index contributed by atoms with van der Waals surface area (Å²) in [6.45, 7) is 8.34. The number of benzene rings is 1. The van der Waals surface area contributed by atoms with Crippen molar-refractivity contribution >= 4 is 28.2 Å². The number of thiophene rings is 1. The number of esters is 1. The van der Waals surface area contributed by atoms with Gasteiger partial charge in [0.15, 0.2) is 6.10 Å². The largest absolute Gasteiger partial charge is 0.480 e. The molecule has 1 N–H and O–H groups in total. The molecule has 6 heteroatoms. The highest BCUT2D eigenvalue weighted by Crippen LogP contribution is 2.39. The Labute approximate surface area is 189 Å². The molecule has 168 valence electrons. The molecule has 0 saturated heterocycles. The molecule has 1 aliphatic carbocycles. The van der Waals surface area contributed by atoms with Crippen LogP contribution in [0.25, 0.3) is 0 Å². The van der Waals surface area contributed by atoms with Crippen molar-refractivity contribution in [2.45, 2.75) is 78.2 Å². The fourth-order valence-electron chi connectivity index (χ4n) is 3.96. The quantitative estimate of drug-likeness (QED) is 0.475. The maximum atomic E-state index is 13.2. The number of rotatable bonds is 9. The molecule has 2 aromatic rings. The third kappa shape index (κ3) is 5.29. The molecule has 0 spiro atoms. The Morgan fingerprint density at radius 3 is 2.55 bits per heavy atom. The van der Waals surface area contributed by atoms with Gasteiger partial charge in [-0.25, -0.2) is 4.79 Å². The second kappa shape index (κ2) is 10.8. The van der Waals surface area contributed by atoms with E-state index in [1.54, 1.807) is 6.92 Å². The van der Waals surface area contributed by atoms with Crippen LogP contribution in [0.1, 0.15) is 85.7 Å². The summed E-state index contributed by atoms with van der Waals surface area (Å²) >= 11 is 1.50. The molecule has 2 unspecified atom stereocenters. The predicted octanol–water partition coefficient (Wildman–Crippen LogP) is 6.11. The van der Waals surface area contributed by atoms with Gasteiger partial charge in [0.1, 0.15) is 10.8 Å². The molecule has 1 aromatic carbocycles. The number of carbonyl (C=O) groups excluding carboxylic acids is 2. The molecule has 31 heavy (non-hydrogen) atoms. The molecule has 0 bridgehead atoms. The number of aryl methyl sites for hydroxylation is 1. The second-order valence-corrected chi connectivity index (χ2v) is 9.09. The Kier molecular flexibility index (Phi) is 8.13. The van der Waals surface area contributed by atoms with Crippen molar-refractivity contribution in [1.29, 1.82) is 0 Å². The predicted molar refractivity (Wildman–Crippen MR) is 125 cm³/mol. The van der Waals surface area contributed by atoms with Gasteiger partial charge in [0, 0.05) is 4.88 Å². The SMILES string of the molecule is CCOC(=O)c1c(NC(=O)C(CC)Oc2ccccc2C(C)CC)sc2c1CCCC2. The third-order valence-electron chi connectivity index (χ3n) is 5.88. The van der Waals surface area contributed by atoms with Crippen molar-refractivity contribution in [3.8, 4) is 5.75 Å². The molecule has 1 aromatic heterocycles. The number of fused-ring (bicyclic) bond motifs is 1. The highest BCUT2D eigenvalue weighted by atomic mass is 32.1. The van der Waals surface area contributed by atoms with Crippen molar-refractivity contribution in [2.24, 2.45) is 0 Å². The van der Waals surface area contributed by atoms with Crippen LogP contribution in [0.15, 0.2) is 24.3 Å². The van der Waals surface area contributed by atoms with Crippen molar-refractivity contribution in [3.63, 3.8) is 0 Å². The number of hydrogen-bond donors (Lipinski definition) is 1. The monoisotopic (exact) mass is 443 g/mol. The van der Waals surface area contributed by atoms with E-state index in [2.05, 4.69) is 25.2 Å². The zero-order chi connectivity index (χ0) is 22.4. The molecule has 3 rings (SSSR count). The first-order valence-corrected chi connectivity index (χ1v) is 12.2. The first kappa shape index (κ1) is 23.3. The van der Waals surface area contributed by atoms with Crippen LogP contribution in [-0.2, 0) is 22.4 Å². The molecule has 0 saturated carbocycles. The summed E-state index contributed by atoms with van der Waals surface area (Å²) in [6, 6.07) is 7.90. The van der Waals surface area contributed by atoms with Gasteiger partial charge in [-0.1, -0.05) is 39.0 Å². The highest BCUT2D eigenvalue weighted by molar-refractivity contribution is 7.17. The van der Waals surface area contributed by atoms with Crippen molar-refractivity contribution in [2.75, 3.05) is 11.9 Å². The Morgan fingerprint density at radius 2 is 1.84 bits per heavy atom. The normalized spacial score (nSPS) is 15.0. The molecule has 2 atom stereocenters. The van der Waals surface area contributed by atoms with Crippen LogP contribution in [0.4, 0.5) is 5.00 Å². The van der Waals surface area contributed by atoms with E-state index in [1.165, 1.54) is 16.2 Å². The standard InChI is InChI=1S/C25H33NO4S/c1-5-16(4)17-12-8-10-14-20(17)30-19(6-2)23(27)26-24-22(25(28)29-7-3)18-13-9-11-15-21(18)31-24/h8,10,12,14,16,19H,5-7,9,11,13,15H2,1-4H3,(H,26,27). The van der Waals surface area contributed by atoms with E-state index < -0.39 is 6.10 Å². The molecule has 0 radical (unpaired) electrons. The maximum absolute atomic E-state index is 13.2. The minimum Gasteiger partial charge on any atom is -0.480 e. The Morgan fingerprint density at radius 1 is 1.10 bits per heavy atom. The Balaban J connectivity index is 1.83. The van der Waals surface area contributed by atoms with E-state index in [1.807, 2.05) is 25.1 Å². The Bertz CT molecular complexity index is 920. The van der Waals surface area contributed by atoms with Crippen molar-refractivity contribution < 1.29 is 19.1 Å². The van der Waals surface area contributed by atoms with Crippen LogP contribution in [0.2, 0.25) is 0 Å². The minimum absolute atomic E-state index is 0.231. The van der Waals surface area contributed by atoms with Crippen LogP contribution in [0.5, 0.6) is 5.75 Å². The van der Waals surface area contributed by atoms with Gasteiger partial charge in [0.05, 0.1) is 12.2 Å². The van der Waals surface area contributed by atoms with E-state index in [0.717, 1.165) is 49.0 Å². The van der Waals surface area contributed by atoms with Crippen molar-refractivity contribution in [3.05, 3.63) is 45.8 Å². The molecule has 1 heterocycles. The lowest BCUT2D eigenvalue weighted by atomic mass is 9.95. The van der Waals surface area contributed by atoms with Gasteiger partial charge in [-0.05, 0) is 68.6 Å². The average molecular weight is 444 g/mol. The molecule has 5 nitrogen and oxygen atoms in total. The highest BCUT2D eigenvalue weighted by Gasteiger charge is 2.29. The van der Waals surface area contributed by atoms with Gasteiger partial charge in [0.25, 0.3) is 5.91 Å². The molecular formula is C25H33NO4S. The van der Waals surface area contributed by atoms with E-state index in [0.29, 0.717) is 29.5 Å². The van der Waals surface area contributed by atoms with E-state index in [-0.39, 0.29) is 11.9 Å². The number of anilines is 1. The summed E-state index contributed by atoms with van der Waals surface area (Å²) in [6.07, 6.45) is 4.84. The maximum Gasteiger partial charge on any atom is 0.341 e. The lowest BCUT2D eigenvalue weighted by Gasteiger charge is -2.21. The molecule has 0 fully saturated rings. The third-order valence-corrected chi connectivity index (χ3v) is 7.09. The van der Waals surface area contributed by atoms with Gasteiger partial charge < -0.3 is 14.8 Å². The lowest BCUT2D eigenvalue weighted by molar-refractivity contribution is -0.122. The number of carbonyl (C=O) groups is 2. The molecule has 0 aliphatic heterocycles. The number of amides is 1. The zero-order valence-corrected chi connectivity index (χ0v) is 19.8. The lowest BCUT2D eigenvalue weighted by Crippen LogP contribution is -2.33. The first-order valence-electron chi connectivity index (χ1n) is 11.4. The summed E-state index contributed by atoms with van der Waals surface area (Å²) in [7, 11) is 0. The molecule has 1 aliphatic rings. The van der Waals surface area contributed by atoms with Crippen molar-refractivity contribution in [1.82, 2.24) is 0 Å². The van der Waals surface area contributed by atoms with Gasteiger partial charge in [-0.3, -0.25) is 4.79 Å². The second-order valence-electron chi connectivity index (χ2n) is 7.99. The topological polar surface area (TPSA) is 64.6 Å².